The van der Waals surface area contributed by atoms with Crippen molar-refractivity contribution in [3.63, 3.8) is 0 Å². The van der Waals surface area contributed by atoms with E-state index in [-0.39, 0.29) is 6.03 Å². The van der Waals surface area contributed by atoms with Crippen LogP contribution in [0.1, 0.15) is 31.9 Å². The highest BCUT2D eigenvalue weighted by atomic mass is 16.2. The summed E-state index contributed by atoms with van der Waals surface area (Å²) < 4.78 is 1.32. The van der Waals surface area contributed by atoms with E-state index in [0.717, 1.165) is 12.0 Å². The molecule has 0 saturated carbocycles. The van der Waals surface area contributed by atoms with E-state index in [1.165, 1.54) is 22.1 Å². The summed E-state index contributed by atoms with van der Waals surface area (Å²) in [4.78, 5) is 18.3. The Bertz CT molecular complexity index is 629. The van der Waals surface area contributed by atoms with E-state index in [0.29, 0.717) is 18.9 Å². The van der Waals surface area contributed by atoms with Gasteiger partial charge in [0.2, 0.25) is 0 Å². The first kappa shape index (κ1) is 15.2. The molecule has 1 aromatic carbocycles. The number of rotatable bonds is 4. The summed E-state index contributed by atoms with van der Waals surface area (Å²) in [5, 5.41) is 4.35. The molecule has 2 rings (SSSR count). The number of hydrogen-bond acceptors (Lipinski definition) is 3. The van der Waals surface area contributed by atoms with E-state index in [4.69, 9.17) is 0 Å². The van der Waals surface area contributed by atoms with Gasteiger partial charge in [-0.15, -0.1) is 5.10 Å². The van der Waals surface area contributed by atoms with Crippen molar-refractivity contribution >= 4 is 6.03 Å². The minimum atomic E-state index is -0.135. The highest BCUT2D eigenvalue weighted by Crippen LogP contribution is 2.22. The molecule has 0 atom stereocenters. The van der Waals surface area contributed by atoms with Gasteiger partial charge in [0.05, 0.1) is 0 Å². The zero-order valence-corrected chi connectivity index (χ0v) is 13.1. The van der Waals surface area contributed by atoms with Crippen molar-refractivity contribution in [1.82, 2.24) is 19.7 Å². The van der Waals surface area contributed by atoms with E-state index in [9.17, 15) is 4.79 Å². The second-order valence-corrected chi connectivity index (χ2v) is 4.98. The highest BCUT2D eigenvalue weighted by Gasteiger charge is 2.16. The van der Waals surface area contributed by atoms with E-state index < -0.39 is 0 Å². The lowest BCUT2D eigenvalue weighted by Crippen LogP contribution is -2.34. The maximum absolute atomic E-state index is 12.2. The van der Waals surface area contributed by atoms with Gasteiger partial charge in [-0.05, 0) is 32.8 Å². The molecule has 0 spiro atoms. The number of carbonyl (C=O) groups excluding carboxylic acids is 1. The third-order valence-electron chi connectivity index (χ3n) is 3.60. The van der Waals surface area contributed by atoms with Gasteiger partial charge in [0, 0.05) is 18.7 Å². The fourth-order valence-corrected chi connectivity index (χ4v) is 2.35. The van der Waals surface area contributed by atoms with Gasteiger partial charge in [-0.25, -0.2) is 9.78 Å². The molecule has 0 fully saturated rings. The van der Waals surface area contributed by atoms with Crippen LogP contribution in [-0.2, 0) is 6.42 Å². The van der Waals surface area contributed by atoms with Gasteiger partial charge in [0.25, 0.3) is 0 Å². The van der Waals surface area contributed by atoms with Crippen LogP contribution in [0.3, 0.4) is 0 Å². The molecule has 0 aliphatic heterocycles. The summed E-state index contributed by atoms with van der Waals surface area (Å²) in [6.07, 6.45) is 2.41. The molecular weight excluding hydrogens is 264 g/mol. The Morgan fingerprint density at radius 1 is 1.24 bits per heavy atom. The minimum absolute atomic E-state index is 0.135. The van der Waals surface area contributed by atoms with Crippen LogP contribution in [0.4, 0.5) is 4.79 Å². The van der Waals surface area contributed by atoms with Crippen LogP contribution in [0.5, 0.6) is 0 Å². The monoisotopic (exact) mass is 286 g/mol. The Morgan fingerprint density at radius 2 is 1.95 bits per heavy atom. The predicted molar refractivity (Wildman–Crippen MR) is 83.3 cm³/mol. The third-order valence-corrected chi connectivity index (χ3v) is 3.60. The fourth-order valence-electron chi connectivity index (χ4n) is 2.35. The van der Waals surface area contributed by atoms with Crippen LogP contribution in [0.25, 0.3) is 11.4 Å². The molecule has 1 heterocycles. The van der Waals surface area contributed by atoms with Gasteiger partial charge in [-0.3, -0.25) is 0 Å². The number of aromatic nitrogens is 3. The van der Waals surface area contributed by atoms with Crippen molar-refractivity contribution in [2.75, 3.05) is 13.1 Å². The molecule has 5 heteroatoms. The number of carbonyl (C=O) groups is 1. The average molecular weight is 286 g/mol. The molecule has 0 aliphatic rings. The Balaban J connectivity index is 2.34. The summed E-state index contributed by atoms with van der Waals surface area (Å²) in [6.45, 7) is 9.41. The van der Waals surface area contributed by atoms with E-state index in [1.54, 1.807) is 4.90 Å². The SMILES string of the molecule is CCc1cc(C)ccc1-c1ncn(C(=O)N(CC)CC)n1. The Labute approximate surface area is 125 Å². The second kappa shape index (κ2) is 6.52. The number of nitrogens with zero attached hydrogens (tertiary/aromatic N) is 4. The van der Waals surface area contributed by atoms with Gasteiger partial charge in [-0.2, -0.15) is 4.68 Å². The van der Waals surface area contributed by atoms with Crippen molar-refractivity contribution in [2.24, 2.45) is 0 Å². The Morgan fingerprint density at radius 3 is 2.57 bits per heavy atom. The van der Waals surface area contributed by atoms with Crippen LogP contribution in [0, 0.1) is 6.92 Å². The lowest BCUT2D eigenvalue weighted by atomic mass is 10.0. The quantitative estimate of drug-likeness (QED) is 0.867. The molecule has 0 unspecified atom stereocenters. The van der Waals surface area contributed by atoms with Gasteiger partial charge in [0.15, 0.2) is 5.82 Å². The zero-order valence-electron chi connectivity index (χ0n) is 13.1. The first-order valence-corrected chi connectivity index (χ1v) is 7.41. The highest BCUT2D eigenvalue weighted by molar-refractivity contribution is 5.76. The number of hydrogen-bond donors (Lipinski definition) is 0. The second-order valence-electron chi connectivity index (χ2n) is 4.98. The maximum atomic E-state index is 12.2. The van der Waals surface area contributed by atoms with Crippen molar-refractivity contribution in [1.29, 1.82) is 0 Å². The molecule has 5 nitrogen and oxygen atoms in total. The first-order valence-electron chi connectivity index (χ1n) is 7.41. The summed E-state index contributed by atoms with van der Waals surface area (Å²) in [6, 6.07) is 6.07. The predicted octanol–water partition coefficient (Wildman–Crippen LogP) is 3.13. The molecule has 0 bridgehead atoms. The fraction of sp³-hybridized carbons (Fsp3) is 0.438. The van der Waals surface area contributed by atoms with Crippen LogP contribution in [0.2, 0.25) is 0 Å². The van der Waals surface area contributed by atoms with Crippen LogP contribution in [-0.4, -0.2) is 38.8 Å². The van der Waals surface area contributed by atoms with E-state index >= 15 is 0 Å². The molecule has 0 radical (unpaired) electrons. The van der Waals surface area contributed by atoms with Crippen LogP contribution in [0.15, 0.2) is 24.5 Å². The zero-order chi connectivity index (χ0) is 15.4. The van der Waals surface area contributed by atoms with Gasteiger partial charge in [0.1, 0.15) is 6.33 Å². The summed E-state index contributed by atoms with van der Waals surface area (Å²) in [5.74, 6) is 0.604. The van der Waals surface area contributed by atoms with Gasteiger partial charge < -0.3 is 4.90 Å². The van der Waals surface area contributed by atoms with Gasteiger partial charge >= 0.3 is 6.03 Å². The van der Waals surface area contributed by atoms with Crippen LogP contribution < -0.4 is 0 Å². The van der Waals surface area contributed by atoms with E-state index in [2.05, 4.69) is 30.0 Å². The molecule has 112 valence electrons. The molecule has 21 heavy (non-hydrogen) atoms. The largest absolute Gasteiger partial charge is 0.346 e. The maximum Gasteiger partial charge on any atom is 0.346 e. The Hall–Kier alpha value is -2.17. The van der Waals surface area contributed by atoms with Crippen molar-refractivity contribution in [3.8, 4) is 11.4 Å². The molecule has 1 aromatic heterocycles. The summed E-state index contributed by atoms with van der Waals surface area (Å²) in [7, 11) is 0. The van der Waals surface area contributed by atoms with Gasteiger partial charge in [-0.1, -0.05) is 30.7 Å². The molecular formula is C16H22N4O. The lowest BCUT2D eigenvalue weighted by Gasteiger charge is -2.17. The van der Waals surface area contributed by atoms with E-state index in [1.807, 2.05) is 26.0 Å². The van der Waals surface area contributed by atoms with Crippen molar-refractivity contribution in [2.45, 2.75) is 34.1 Å². The lowest BCUT2D eigenvalue weighted by molar-refractivity contribution is 0.201. The average Bonchev–Trinajstić information content (AvgIpc) is 2.97. The van der Waals surface area contributed by atoms with Crippen molar-refractivity contribution < 1.29 is 4.79 Å². The minimum Gasteiger partial charge on any atom is -0.323 e. The van der Waals surface area contributed by atoms with Crippen molar-refractivity contribution in [3.05, 3.63) is 35.7 Å². The number of amides is 1. The number of benzene rings is 1. The molecule has 0 saturated heterocycles. The summed E-state index contributed by atoms with van der Waals surface area (Å²) in [5.41, 5.74) is 3.41. The molecule has 0 aliphatic carbocycles. The molecule has 2 aromatic rings. The number of aryl methyl sites for hydroxylation is 2. The molecule has 1 amide bonds. The topological polar surface area (TPSA) is 51.0 Å². The Kier molecular flexibility index (Phi) is 4.73. The third kappa shape index (κ3) is 3.12. The first-order chi connectivity index (χ1) is 10.1. The smallest absolute Gasteiger partial charge is 0.323 e. The van der Waals surface area contributed by atoms with Crippen LogP contribution >= 0.6 is 0 Å². The normalized spacial score (nSPS) is 10.7. The summed E-state index contributed by atoms with van der Waals surface area (Å²) >= 11 is 0. The molecule has 0 N–H and O–H groups in total. The standard InChI is InChI=1S/C16H22N4O/c1-5-13-10-12(4)8-9-14(13)15-17-11-20(18-15)16(21)19(6-2)7-3/h8-11H,5-7H2,1-4H3.